The number of nitro benzene ring substituents is 1. The minimum Gasteiger partial charge on any atom is -0.258 e. The molecular formula is C10H13BrN2O4S. The van der Waals surface area contributed by atoms with E-state index in [9.17, 15) is 18.5 Å². The second kappa shape index (κ2) is 5.77. The molecule has 6 nitrogen and oxygen atoms in total. The van der Waals surface area contributed by atoms with Gasteiger partial charge in [0.15, 0.2) is 4.90 Å². The highest BCUT2D eigenvalue weighted by Crippen LogP contribution is 2.29. The maximum absolute atomic E-state index is 12.3. The van der Waals surface area contributed by atoms with Crippen LogP contribution in [0.5, 0.6) is 0 Å². The first kappa shape index (κ1) is 15.1. The fraction of sp³-hybridized carbons (Fsp3) is 0.400. The van der Waals surface area contributed by atoms with Gasteiger partial charge in [-0.25, -0.2) is 8.42 Å². The SMILES string of the molecule is Cc1cccc([N+](=O)[O-])c1S(=O)(=O)N(C)CCBr. The minimum atomic E-state index is -3.85. The van der Waals surface area contributed by atoms with Crippen LogP contribution in [-0.4, -0.2) is 36.6 Å². The Labute approximate surface area is 114 Å². The standard InChI is InChI=1S/C10H13BrN2O4S/c1-8-4-3-5-9(13(14)15)10(8)18(16,17)12(2)7-6-11/h3-5H,6-7H2,1-2H3. The van der Waals surface area contributed by atoms with Crippen LogP contribution in [0, 0.1) is 17.0 Å². The Bertz CT molecular complexity index is 559. The Morgan fingerprint density at radius 3 is 2.56 bits per heavy atom. The van der Waals surface area contributed by atoms with Crippen LogP contribution in [0.3, 0.4) is 0 Å². The normalized spacial score (nSPS) is 11.8. The Morgan fingerprint density at radius 2 is 2.06 bits per heavy atom. The van der Waals surface area contributed by atoms with Crippen LogP contribution in [0.4, 0.5) is 5.69 Å². The fourth-order valence-electron chi connectivity index (χ4n) is 1.51. The zero-order chi connectivity index (χ0) is 13.9. The van der Waals surface area contributed by atoms with Crippen molar-refractivity contribution in [3.8, 4) is 0 Å². The van der Waals surface area contributed by atoms with Crippen LogP contribution < -0.4 is 0 Å². The summed E-state index contributed by atoms with van der Waals surface area (Å²) in [5.74, 6) is 0. The quantitative estimate of drug-likeness (QED) is 0.467. The van der Waals surface area contributed by atoms with E-state index in [2.05, 4.69) is 15.9 Å². The third-order valence-electron chi connectivity index (χ3n) is 2.46. The molecule has 0 saturated heterocycles. The molecule has 0 aliphatic rings. The van der Waals surface area contributed by atoms with Crippen molar-refractivity contribution >= 4 is 31.6 Å². The van der Waals surface area contributed by atoms with Crippen LogP contribution in [0.15, 0.2) is 23.1 Å². The van der Waals surface area contributed by atoms with E-state index in [-0.39, 0.29) is 11.4 Å². The summed E-state index contributed by atoms with van der Waals surface area (Å²) in [4.78, 5) is 10.00. The van der Waals surface area contributed by atoms with E-state index in [1.54, 1.807) is 13.0 Å². The smallest absolute Gasteiger partial charge is 0.258 e. The highest BCUT2D eigenvalue weighted by Gasteiger charge is 2.30. The molecule has 0 atom stereocenters. The van der Waals surface area contributed by atoms with Crippen LogP contribution in [-0.2, 0) is 10.0 Å². The molecule has 0 N–H and O–H groups in total. The molecule has 0 bridgehead atoms. The lowest BCUT2D eigenvalue weighted by Crippen LogP contribution is -2.29. The second-order valence-electron chi connectivity index (χ2n) is 3.70. The van der Waals surface area contributed by atoms with Crippen molar-refractivity contribution in [2.24, 2.45) is 0 Å². The summed E-state index contributed by atoms with van der Waals surface area (Å²) in [6.07, 6.45) is 0. The Morgan fingerprint density at radius 1 is 1.44 bits per heavy atom. The third-order valence-corrected chi connectivity index (χ3v) is 4.86. The van der Waals surface area contributed by atoms with Gasteiger partial charge >= 0.3 is 0 Å². The van der Waals surface area contributed by atoms with Gasteiger partial charge in [-0.2, -0.15) is 4.31 Å². The largest absolute Gasteiger partial charge is 0.289 e. The van der Waals surface area contributed by atoms with Gasteiger partial charge in [0.2, 0.25) is 10.0 Å². The first-order valence-corrected chi connectivity index (χ1v) is 7.65. The molecule has 0 fully saturated rings. The molecular weight excluding hydrogens is 324 g/mol. The lowest BCUT2D eigenvalue weighted by Gasteiger charge is -2.17. The molecule has 1 rings (SSSR count). The summed E-state index contributed by atoms with van der Waals surface area (Å²) in [6, 6.07) is 4.21. The summed E-state index contributed by atoms with van der Waals surface area (Å²) in [5, 5.41) is 11.4. The zero-order valence-corrected chi connectivity index (χ0v) is 12.4. The Hall–Kier alpha value is -0.990. The molecule has 0 aliphatic carbocycles. The minimum absolute atomic E-state index is 0.238. The van der Waals surface area contributed by atoms with Crippen molar-refractivity contribution in [2.75, 3.05) is 18.9 Å². The highest BCUT2D eigenvalue weighted by atomic mass is 79.9. The number of alkyl halides is 1. The highest BCUT2D eigenvalue weighted by molar-refractivity contribution is 9.09. The molecule has 0 amide bonds. The first-order chi connectivity index (χ1) is 8.32. The number of benzene rings is 1. The molecule has 0 aliphatic heterocycles. The van der Waals surface area contributed by atoms with Crippen molar-refractivity contribution in [3.63, 3.8) is 0 Å². The van der Waals surface area contributed by atoms with Crippen molar-refractivity contribution in [2.45, 2.75) is 11.8 Å². The van der Waals surface area contributed by atoms with Gasteiger partial charge in [0.1, 0.15) is 0 Å². The van der Waals surface area contributed by atoms with Gasteiger partial charge in [-0.05, 0) is 12.5 Å². The third kappa shape index (κ3) is 2.88. The summed E-state index contributed by atoms with van der Waals surface area (Å²) >= 11 is 3.14. The molecule has 0 saturated carbocycles. The molecule has 0 unspecified atom stereocenters. The first-order valence-electron chi connectivity index (χ1n) is 5.08. The summed E-state index contributed by atoms with van der Waals surface area (Å²) in [6.45, 7) is 1.79. The van der Waals surface area contributed by atoms with Gasteiger partial charge in [-0.1, -0.05) is 28.1 Å². The maximum Gasteiger partial charge on any atom is 0.289 e. The van der Waals surface area contributed by atoms with E-state index < -0.39 is 20.6 Å². The van der Waals surface area contributed by atoms with Gasteiger partial charge in [0.05, 0.1) is 4.92 Å². The molecule has 0 radical (unpaired) electrons. The van der Waals surface area contributed by atoms with E-state index >= 15 is 0 Å². The number of rotatable bonds is 5. The van der Waals surface area contributed by atoms with Crippen LogP contribution in [0.2, 0.25) is 0 Å². The predicted octanol–water partition coefficient (Wildman–Crippen LogP) is 1.92. The fourth-order valence-corrected chi connectivity index (χ4v) is 3.80. The number of nitrogens with zero attached hydrogens (tertiary/aromatic N) is 2. The van der Waals surface area contributed by atoms with Gasteiger partial charge in [0.25, 0.3) is 5.69 Å². The average Bonchev–Trinajstić information content (AvgIpc) is 2.28. The van der Waals surface area contributed by atoms with Crippen LogP contribution in [0.1, 0.15) is 5.56 Å². The van der Waals surface area contributed by atoms with Gasteiger partial charge in [0, 0.05) is 25.0 Å². The molecule has 1 aromatic rings. The lowest BCUT2D eigenvalue weighted by atomic mass is 10.2. The lowest BCUT2D eigenvalue weighted by molar-refractivity contribution is -0.387. The van der Waals surface area contributed by atoms with E-state index in [4.69, 9.17) is 0 Å². The maximum atomic E-state index is 12.3. The molecule has 8 heteroatoms. The van der Waals surface area contributed by atoms with Crippen LogP contribution in [0.25, 0.3) is 0 Å². The predicted molar refractivity (Wildman–Crippen MR) is 71.4 cm³/mol. The number of halogens is 1. The van der Waals surface area contributed by atoms with Gasteiger partial charge < -0.3 is 0 Å². The van der Waals surface area contributed by atoms with E-state index in [1.807, 2.05) is 0 Å². The van der Waals surface area contributed by atoms with E-state index in [0.717, 1.165) is 4.31 Å². The summed E-state index contributed by atoms with van der Waals surface area (Å²) < 4.78 is 25.6. The molecule has 18 heavy (non-hydrogen) atoms. The zero-order valence-electron chi connectivity index (χ0n) is 9.96. The monoisotopic (exact) mass is 336 g/mol. The molecule has 100 valence electrons. The number of hydrogen-bond donors (Lipinski definition) is 0. The van der Waals surface area contributed by atoms with Crippen molar-refractivity contribution in [3.05, 3.63) is 33.9 Å². The summed E-state index contributed by atoms with van der Waals surface area (Å²) in [5.41, 5.74) is -0.0259. The molecule has 0 spiro atoms. The number of aryl methyl sites for hydroxylation is 1. The second-order valence-corrected chi connectivity index (χ2v) is 6.47. The molecule has 0 heterocycles. The molecule has 0 aromatic heterocycles. The number of hydrogen-bond acceptors (Lipinski definition) is 4. The Balaban J connectivity index is 3.45. The van der Waals surface area contributed by atoms with Crippen molar-refractivity contribution in [1.29, 1.82) is 0 Å². The van der Waals surface area contributed by atoms with Gasteiger partial charge in [-0.3, -0.25) is 10.1 Å². The van der Waals surface area contributed by atoms with E-state index in [1.165, 1.54) is 19.2 Å². The van der Waals surface area contributed by atoms with Crippen molar-refractivity contribution in [1.82, 2.24) is 4.31 Å². The molecule has 1 aromatic carbocycles. The van der Waals surface area contributed by atoms with Gasteiger partial charge in [-0.15, -0.1) is 0 Å². The number of sulfonamides is 1. The number of nitro groups is 1. The van der Waals surface area contributed by atoms with Crippen molar-refractivity contribution < 1.29 is 13.3 Å². The van der Waals surface area contributed by atoms with Crippen LogP contribution >= 0.6 is 15.9 Å². The van der Waals surface area contributed by atoms with E-state index in [0.29, 0.717) is 10.9 Å². The Kier molecular flexibility index (Phi) is 4.83. The topological polar surface area (TPSA) is 80.5 Å². The summed E-state index contributed by atoms with van der Waals surface area (Å²) in [7, 11) is -2.45. The average molecular weight is 337 g/mol.